The zero-order valence-electron chi connectivity index (χ0n) is 22.7. The zero-order chi connectivity index (χ0) is 29.0. The predicted octanol–water partition coefficient (Wildman–Crippen LogP) is 5.64. The number of carbonyl (C=O) groups is 3. The number of amides is 1. The Morgan fingerprint density at radius 2 is 1.77 bits per heavy atom. The number of ether oxygens (including phenoxy) is 3. The highest BCUT2D eigenvalue weighted by Gasteiger charge is 2.48. The second kappa shape index (κ2) is 12.2. The molecular formula is C30H30N2O7S. The third kappa shape index (κ3) is 5.48. The summed E-state index contributed by atoms with van der Waals surface area (Å²) in [5.41, 5.74) is 1.15. The Labute approximate surface area is 236 Å². The Balaban J connectivity index is 1.92. The second-order valence-corrected chi connectivity index (χ2v) is 9.81. The molecule has 9 nitrogen and oxygen atoms in total. The summed E-state index contributed by atoms with van der Waals surface area (Å²) in [5, 5.41) is 11.6. The van der Waals surface area contributed by atoms with Gasteiger partial charge in [-0.05, 0) is 62.7 Å². The lowest BCUT2D eigenvalue weighted by Crippen LogP contribution is -2.29. The molecule has 0 saturated carbocycles. The smallest absolute Gasteiger partial charge is 0.301 e. The quantitative estimate of drug-likeness (QED) is 0.105. The van der Waals surface area contributed by atoms with Crippen molar-refractivity contribution in [3.05, 3.63) is 82.4 Å². The molecule has 1 unspecified atom stereocenters. The number of aromatic nitrogens is 1. The summed E-state index contributed by atoms with van der Waals surface area (Å²) in [6.07, 6.45) is 1.60. The maximum atomic E-state index is 13.5. The van der Waals surface area contributed by atoms with Gasteiger partial charge in [-0.15, -0.1) is 0 Å². The van der Waals surface area contributed by atoms with Crippen LogP contribution < -0.4 is 19.1 Å². The maximum absolute atomic E-state index is 13.5. The van der Waals surface area contributed by atoms with Crippen LogP contribution in [0.5, 0.6) is 17.2 Å². The molecule has 1 fully saturated rings. The molecule has 0 aliphatic carbocycles. The fourth-order valence-electron chi connectivity index (χ4n) is 4.42. The molecule has 0 spiro atoms. The molecule has 1 saturated heterocycles. The fourth-order valence-corrected chi connectivity index (χ4v) is 5.41. The van der Waals surface area contributed by atoms with Crippen molar-refractivity contribution >= 4 is 39.7 Å². The van der Waals surface area contributed by atoms with Crippen LogP contribution in [-0.4, -0.2) is 47.4 Å². The molecule has 0 radical (unpaired) electrons. The van der Waals surface area contributed by atoms with Crippen LogP contribution in [0, 0.1) is 6.92 Å². The Morgan fingerprint density at radius 1 is 1.07 bits per heavy atom. The molecule has 3 aromatic rings. The van der Waals surface area contributed by atoms with Gasteiger partial charge < -0.3 is 19.3 Å². The molecule has 40 heavy (non-hydrogen) atoms. The lowest BCUT2D eigenvalue weighted by atomic mass is 9.95. The van der Waals surface area contributed by atoms with Crippen molar-refractivity contribution < 1.29 is 33.7 Å². The Morgan fingerprint density at radius 3 is 2.38 bits per heavy atom. The third-order valence-electron chi connectivity index (χ3n) is 6.13. The average Bonchev–Trinajstić information content (AvgIpc) is 3.45. The number of aliphatic hydroxyl groups excluding tert-OH is 1. The van der Waals surface area contributed by atoms with Gasteiger partial charge in [0, 0.05) is 12.5 Å². The van der Waals surface area contributed by atoms with Crippen molar-refractivity contribution in [2.45, 2.75) is 33.7 Å². The summed E-state index contributed by atoms with van der Waals surface area (Å²) in [5.74, 6) is -0.844. The lowest BCUT2D eigenvalue weighted by molar-refractivity contribution is -0.132. The van der Waals surface area contributed by atoms with Gasteiger partial charge in [0.2, 0.25) is 0 Å². The third-order valence-corrected chi connectivity index (χ3v) is 7.39. The number of Topliss-reactive ketones (excluding diaryl/α,β-unsaturated/α-hetero) is 2. The van der Waals surface area contributed by atoms with E-state index in [2.05, 4.69) is 11.6 Å². The predicted molar refractivity (Wildman–Crippen MR) is 153 cm³/mol. The van der Waals surface area contributed by atoms with Crippen LogP contribution >= 0.6 is 11.3 Å². The molecule has 2 aromatic carbocycles. The van der Waals surface area contributed by atoms with Gasteiger partial charge in [-0.1, -0.05) is 30.1 Å². The standard InChI is InChI=1S/C30H30N2O7S/c1-6-15-39-22-14-11-20(16-23(22)38-8-3)25-24(26(34)19-9-12-21(13-10-19)37-7-2)27(35)29(36)32(25)30-31-17(4)28(40-30)18(5)33/h6,9-14,16,25,34H,1,7-8,15H2,2-5H3. The molecule has 4 rings (SSSR count). The second-order valence-electron chi connectivity index (χ2n) is 8.83. The number of carbonyl (C=O) groups excluding carboxylic acids is 3. The summed E-state index contributed by atoms with van der Waals surface area (Å²) in [4.78, 5) is 45.2. The molecule has 1 N–H and O–H groups in total. The van der Waals surface area contributed by atoms with Crippen LogP contribution in [0.1, 0.15) is 53.3 Å². The van der Waals surface area contributed by atoms with Crippen LogP contribution in [0.2, 0.25) is 0 Å². The zero-order valence-corrected chi connectivity index (χ0v) is 23.5. The van der Waals surface area contributed by atoms with Gasteiger partial charge in [0.25, 0.3) is 5.78 Å². The van der Waals surface area contributed by atoms with Gasteiger partial charge in [0.1, 0.15) is 18.1 Å². The first-order valence-electron chi connectivity index (χ1n) is 12.7. The van der Waals surface area contributed by atoms with E-state index in [-0.39, 0.29) is 28.9 Å². The Kier molecular flexibility index (Phi) is 8.69. The van der Waals surface area contributed by atoms with Crippen LogP contribution in [0.3, 0.4) is 0 Å². The van der Waals surface area contributed by atoms with E-state index in [4.69, 9.17) is 14.2 Å². The highest BCUT2D eigenvalue weighted by molar-refractivity contribution is 7.18. The normalized spacial score (nSPS) is 16.2. The largest absolute Gasteiger partial charge is 0.507 e. The van der Waals surface area contributed by atoms with Gasteiger partial charge in [0.05, 0.1) is 35.4 Å². The topological polar surface area (TPSA) is 115 Å². The number of aryl methyl sites for hydroxylation is 1. The molecular weight excluding hydrogens is 532 g/mol. The van der Waals surface area contributed by atoms with E-state index in [1.165, 1.54) is 11.8 Å². The lowest BCUT2D eigenvalue weighted by Gasteiger charge is -2.24. The minimum Gasteiger partial charge on any atom is -0.507 e. The van der Waals surface area contributed by atoms with Crippen LogP contribution in [0.4, 0.5) is 5.13 Å². The number of aliphatic hydroxyl groups is 1. The number of hydrogen-bond donors (Lipinski definition) is 1. The highest BCUT2D eigenvalue weighted by Crippen LogP contribution is 2.45. The van der Waals surface area contributed by atoms with Crippen molar-refractivity contribution in [2.75, 3.05) is 24.7 Å². The molecule has 2 heterocycles. The SMILES string of the molecule is C=CCOc1ccc(C2C(=C(O)c3ccc(OCC)cc3)C(=O)C(=O)N2c2nc(C)c(C(C)=O)s2)cc1OCC. The summed E-state index contributed by atoms with van der Waals surface area (Å²) in [6, 6.07) is 10.6. The van der Waals surface area contributed by atoms with Crippen molar-refractivity contribution in [1.82, 2.24) is 4.98 Å². The number of hydrogen-bond acceptors (Lipinski definition) is 9. The molecule has 208 valence electrons. The molecule has 1 aliphatic rings. The number of thiazole rings is 1. The highest BCUT2D eigenvalue weighted by atomic mass is 32.1. The van der Waals surface area contributed by atoms with Gasteiger partial charge in [-0.3, -0.25) is 19.3 Å². The minimum atomic E-state index is -1.05. The van der Waals surface area contributed by atoms with Gasteiger partial charge in [-0.2, -0.15) is 0 Å². The molecule has 1 aromatic heterocycles. The first-order valence-corrected chi connectivity index (χ1v) is 13.6. The van der Waals surface area contributed by atoms with E-state index >= 15 is 0 Å². The molecule has 10 heteroatoms. The first kappa shape index (κ1) is 28.6. The number of ketones is 2. The van der Waals surface area contributed by atoms with E-state index in [1.807, 2.05) is 13.8 Å². The number of rotatable bonds is 11. The number of anilines is 1. The van der Waals surface area contributed by atoms with Gasteiger partial charge in [-0.25, -0.2) is 4.98 Å². The number of benzene rings is 2. The molecule has 0 bridgehead atoms. The van der Waals surface area contributed by atoms with Crippen molar-refractivity contribution in [2.24, 2.45) is 0 Å². The maximum Gasteiger partial charge on any atom is 0.301 e. The van der Waals surface area contributed by atoms with Crippen LogP contribution in [0.15, 0.2) is 60.7 Å². The summed E-state index contributed by atoms with van der Waals surface area (Å²) >= 11 is 1.02. The molecule has 1 aliphatic heterocycles. The van der Waals surface area contributed by atoms with E-state index < -0.39 is 17.7 Å². The van der Waals surface area contributed by atoms with Crippen molar-refractivity contribution in [3.63, 3.8) is 0 Å². The van der Waals surface area contributed by atoms with E-state index in [0.29, 0.717) is 52.2 Å². The van der Waals surface area contributed by atoms with Gasteiger partial charge >= 0.3 is 5.91 Å². The van der Waals surface area contributed by atoms with Gasteiger partial charge in [0.15, 0.2) is 22.4 Å². The summed E-state index contributed by atoms with van der Waals surface area (Å²) < 4.78 is 17.0. The number of nitrogens with zero attached hydrogens (tertiary/aromatic N) is 2. The first-order chi connectivity index (χ1) is 19.2. The summed E-state index contributed by atoms with van der Waals surface area (Å²) in [6.45, 7) is 11.5. The average molecular weight is 563 g/mol. The minimum absolute atomic E-state index is 0.117. The Bertz CT molecular complexity index is 1490. The Hall–Kier alpha value is -4.44. The molecule has 1 amide bonds. The van der Waals surface area contributed by atoms with Crippen molar-refractivity contribution in [3.8, 4) is 17.2 Å². The van der Waals surface area contributed by atoms with E-state index in [0.717, 1.165) is 11.3 Å². The fraction of sp³-hybridized carbons (Fsp3) is 0.267. The van der Waals surface area contributed by atoms with E-state index in [9.17, 15) is 19.5 Å². The van der Waals surface area contributed by atoms with Crippen LogP contribution in [-0.2, 0) is 9.59 Å². The van der Waals surface area contributed by atoms with E-state index in [1.54, 1.807) is 55.5 Å². The summed E-state index contributed by atoms with van der Waals surface area (Å²) in [7, 11) is 0. The molecule has 1 atom stereocenters. The van der Waals surface area contributed by atoms with Crippen LogP contribution in [0.25, 0.3) is 5.76 Å². The van der Waals surface area contributed by atoms with Crippen molar-refractivity contribution in [1.29, 1.82) is 0 Å². The monoisotopic (exact) mass is 562 g/mol.